The molecule has 19 heavy (non-hydrogen) atoms. The number of hydrogen-bond donors (Lipinski definition) is 1. The highest BCUT2D eigenvalue weighted by atomic mass is 79.9. The first-order valence-corrected chi connectivity index (χ1v) is 7.06. The van der Waals surface area contributed by atoms with E-state index in [-0.39, 0.29) is 9.92 Å². The van der Waals surface area contributed by atoms with Crippen LogP contribution >= 0.6 is 27.3 Å². The number of methoxy groups -OCH3 is 1. The maximum Gasteiger partial charge on any atom is 0.324 e. The lowest BCUT2D eigenvalue weighted by Crippen LogP contribution is -1.98. The molecule has 100 valence electrons. The third-order valence-corrected chi connectivity index (χ3v) is 4.02. The molecule has 0 spiro atoms. The number of nitro groups is 1. The standard InChI is InChI=1S/C12H11BrN2O3S/c1-18-11-3-2-9(5-10(11)13)14-6-8-4-12(15(16)17)19-7-8/h2-5,7,14H,6H2,1H3. The van der Waals surface area contributed by atoms with Crippen LogP contribution in [0.25, 0.3) is 0 Å². The first-order chi connectivity index (χ1) is 9.10. The van der Waals surface area contributed by atoms with Gasteiger partial charge in [0.2, 0.25) is 0 Å². The normalized spacial score (nSPS) is 10.2. The van der Waals surface area contributed by atoms with E-state index < -0.39 is 0 Å². The highest BCUT2D eigenvalue weighted by Crippen LogP contribution is 2.28. The number of ether oxygens (including phenoxy) is 1. The van der Waals surface area contributed by atoms with Crippen LogP contribution in [0.5, 0.6) is 5.75 Å². The molecule has 1 N–H and O–H groups in total. The topological polar surface area (TPSA) is 64.4 Å². The second kappa shape index (κ2) is 6.03. The second-order valence-corrected chi connectivity index (χ2v) is 5.50. The summed E-state index contributed by atoms with van der Waals surface area (Å²) in [4.78, 5) is 10.2. The minimum Gasteiger partial charge on any atom is -0.496 e. The first-order valence-electron chi connectivity index (χ1n) is 5.39. The lowest BCUT2D eigenvalue weighted by molar-refractivity contribution is -0.380. The highest BCUT2D eigenvalue weighted by molar-refractivity contribution is 9.10. The number of thiophene rings is 1. The van der Waals surface area contributed by atoms with Crippen molar-refractivity contribution < 1.29 is 9.66 Å². The van der Waals surface area contributed by atoms with Crippen LogP contribution in [0, 0.1) is 10.1 Å². The molecule has 0 saturated carbocycles. The molecule has 0 aliphatic rings. The summed E-state index contributed by atoms with van der Waals surface area (Å²) in [6.07, 6.45) is 0. The number of anilines is 1. The monoisotopic (exact) mass is 342 g/mol. The Hall–Kier alpha value is -1.60. The van der Waals surface area contributed by atoms with Gasteiger partial charge in [0.05, 0.1) is 16.5 Å². The zero-order valence-electron chi connectivity index (χ0n) is 10.1. The minimum atomic E-state index is -0.377. The van der Waals surface area contributed by atoms with Crippen LogP contribution in [0.15, 0.2) is 34.1 Å². The molecule has 0 fully saturated rings. The van der Waals surface area contributed by atoms with Crippen LogP contribution in [0.4, 0.5) is 10.7 Å². The highest BCUT2D eigenvalue weighted by Gasteiger charge is 2.09. The van der Waals surface area contributed by atoms with Crippen molar-refractivity contribution in [3.05, 3.63) is 49.8 Å². The molecular formula is C12H11BrN2O3S. The van der Waals surface area contributed by atoms with E-state index in [1.165, 1.54) is 0 Å². The minimum absolute atomic E-state index is 0.160. The lowest BCUT2D eigenvalue weighted by Gasteiger charge is -2.08. The van der Waals surface area contributed by atoms with Gasteiger partial charge in [0.25, 0.3) is 0 Å². The van der Waals surface area contributed by atoms with Crippen molar-refractivity contribution in [2.45, 2.75) is 6.54 Å². The van der Waals surface area contributed by atoms with Crippen molar-refractivity contribution in [3.63, 3.8) is 0 Å². The number of nitrogens with zero attached hydrogens (tertiary/aromatic N) is 1. The fourth-order valence-electron chi connectivity index (χ4n) is 1.53. The largest absolute Gasteiger partial charge is 0.496 e. The van der Waals surface area contributed by atoms with Gasteiger partial charge in [-0.3, -0.25) is 10.1 Å². The summed E-state index contributed by atoms with van der Waals surface area (Å²) < 4.78 is 6.00. The Morgan fingerprint density at radius 1 is 1.47 bits per heavy atom. The van der Waals surface area contributed by atoms with Crippen LogP contribution in [-0.4, -0.2) is 12.0 Å². The summed E-state index contributed by atoms with van der Waals surface area (Å²) >= 11 is 4.54. The number of nitrogens with one attached hydrogen (secondary N) is 1. The van der Waals surface area contributed by atoms with Gasteiger partial charge in [-0.1, -0.05) is 11.3 Å². The van der Waals surface area contributed by atoms with E-state index in [1.54, 1.807) is 18.6 Å². The average Bonchev–Trinajstić information content (AvgIpc) is 2.85. The molecule has 1 aromatic heterocycles. The van der Waals surface area contributed by atoms with Crippen LogP contribution in [0.1, 0.15) is 5.56 Å². The van der Waals surface area contributed by atoms with E-state index in [0.717, 1.165) is 32.8 Å². The van der Waals surface area contributed by atoms with Gasteiger partial charge >= 0.3 is 5.00 Å². The van der Waals surface area contributed by atoms with Crippen molar-refractivity contribution in [1.29, 1.82) is 0 Å². The maximum absolute atomic E-state index is 10.6. The molecule has 1 aromatic carbocycles. The van der Waals surface area contributed by atoms with E-state index in [2.05, 4.69) is 21.2 Å². The molecule has 7 heteroatoms. The molecule has 0 radical (unpaired) electrons. The number of halogens is 1. The maximum atomic E-state index is 10.6. The van der Waals surface area contributed by atoms with Crippen molar-refractivity contribution in [2.24, 2.45) is 0 Å². The Morgan fingerprint density at radius 3 is 2.84 bits per heavy atom. The fourth-order valence-corrected chi connectivity index (χ4v) is 2.80. The molecule has 2 rings (SSSR count). The van der Waals surface area contributed by atoms with Gasteiger partial charge in [-0.25, -0.2) is 0 Å². The smallest absolute Gasteiger partial charge is 0.324 e. The van der Waals surface area contributed by atoms with Crippen LogP contribution < -0.4 is 10.1 Å². The molecule has 5 nitrogen and oxygen atoms in total. The SMILES string of the molecule is COc1ccc(NCc2csc([N+](=O)[O-])c2)cc1Br. The van der Waals surface area contributed by atoms with Gasteiger partial charge in [0.1, 0.15) is 5.75 Å². The predicted octanol–water partition coefficient (Wildman–Crippen LogP) is 4.04. The van der Waals surface area contributed by atoms with Crippen LogP contribution in [-0.2, 0) is 6.54 Å². The molecule has 2 aromatic rings. The van der Waals surface area contributed by atoms with Gasteiger partial charge in [-0.15, -0.1) is 0 Å². The summed E-state index contributed by atoms with van der Waals surface area (Å²) in [7, 11) is 1.61. The quantitative estimate of drug-likeness (QED) is 0.657. The van der Waals surface area contributed by atoms with Gasteiger partial charge < -0.3 is 10.1 Å². The molecule has 0 bridgehead atoms. The van der Waals surface area contributed by atoms with E-state index in [0.29, 0.717) is 6.54 Å². The number of rotatable bonds is 5. The summed E-state index contributed by atoms with van der Waals surface area (Å²) in [5.41, 5.74) is 1.81. The molecule has 0 saturated heterocycles. The zero-order valence-corrected chi connectivity index (χ0v) is 12.5. The molecule has 1 heterocycles. The molecule has 0 unspecified atom stereocenters. The summed E-state index contributed by atoms with van der Waals surface area (Å²) in [5, 5.41) is 15.7. The number of hydrogen-bond acceptors (Lipinski definition) is 5. The Balaban J connectivity index is 2.01. The van der Waals surface area contributed by atoms with Gasteiger partial charge in [-0.05, 0) is 39.7 Å². The lowest BCUT2D eigenvalue weighted by atomic mass is 10.2. The second-order valence-electron chi connectivity index (χ2n) is 3.75. The van der Waals surface area contributed by atoms with Crippen molar-refractivity contribution in [2.75, 3.05) is 12.4 Å². The number of benzene rings is 1. The average molecular weight is 343 g/mol. The van der Waals surface area contributed by atoms with Gasteiger partial charge in [-0.2, -0.15) is 0 Å². The molecule has 0 amide bonds. The Bertz CT molecular complexity index is 600. The van der Waals surface area contributed by atoms with Crippen LogP contribution in [0.3, 0.4) is 0 Å². The molecule has 0 aliphatic carbocycles. The van der Waals surface area contributed by atoms with Gasteiger partial charge in [0, 0.05) is 23.7 Å². The Kier molecular flexibility index (Phi) is 4.39. The van der Waals surface area contributed by atoms with Crippen molar-refractivity contribution in [3.8, 4) is 5.75 Å². The van der Waals surface area contributed by atoms with E-state index in [4.69, 9.17) is 4.74 Å². The summed E-state index contributed by atoms with van der Waals surface area (Å²) in [5.74, 6) is 0.761. The Labute approximate surface area is 122 Å². The third-order valence-electron chi connectivity index (χ3n) is 2.47. The van der Waals surface area contributed by atoms with Crippen LogP contribution in [0.2, 0.25) is 0 Å². The summed E-state index contributed by atoms with van der Waals surface area (Å²) in [6, 6.07) is 7.22. The Morgan fingerprint density at radius 2 is 2.26 bits per heavy atom. The van der Waals surface area contributed by atoms with Crippen molar-refractivity contribution in [1.82, 2.24) is 0 Å². The van der Waals surface area contributed by atoms with E-state index >= 15 is 0 Å². The van der Waals surface area contributed by atoms with E-state index in [1.807, 2.05) is 18.2 Å². The molecule has 0 aliphatic heterocycles. The fraction of sp³-hybridized carbons (Fsp3) is 0.167. The zero-order chi connectivity index (χ0) is 13.8. The predicted molar refractivity (Wildman–Crippen MR) is 79.0 cm³/mol. The van der Waals surface area contributed by atoms with E-state index in [9.17, 15) is 10.1 Å². The third kappa shape index (κ3) is 3.45. The van der Waals surface area contributed by atoms with Gasteiger partial charge in [0.15, 0.2) is 0 Å². The van der Waals surface area contributed by atoms with Crippen molar-refractivity contribution >= 4 is 38.0 Å². The summed E-state index contributed by atoms with van der Waals surface area (Å²) in [6.45, 7) is 0.545. The first kappa shape index (κ1) is 13.8. The molecule has 0 atom stereocenters. The molecular weight excluding hydrogens is 332 g/mol.